The minimum atomic E-state index is 0.140. The largest absolute Gasteiger partial charge is 0.352 e. The summed E-state index contributed by atoms with van der Waals surface area (Å²) in [6.07, 6.45) is 3.26. The van der Waals surface area contributed by atoms with Crippen molar-refractivity contribution in [3.05, 3.63) is 41.5 Å². The topological polar surface area (TPSA) is 29.1 Å². The molecule has 0 spiro atoms. The maximum Gasteiger partial charge on any atom is 0.220 e. The summed E-state index contributed by atoms with van der Waals surface area (Å²) in [5.74, 6) is 0.140. The lowest BCUT2D eigenvalue weighted by molar-refractivity contribution is -0.121. The summed E-state index contributed by atoms with van der Waals surface area (Å²) >= 11 is 0. The normalized spacial score (nSPS) is 15.3. The molecule has 0 unspecified atom stereocenters. The van der Waals surface area contributed by atoms with Crippen LogP contribution in [0.3, 0.4) is 0 Å². The van der Waals surface area contributed by atoms with Crippen LogP contribution in [0.25, 0.3) is 6.08 Å². The number of hydrogen-bond acceptors (Lipinski definition) is 1. The average molecular weight is 187 g/mol. The second-order valence-corrected chi connectivity index (χ2v) is 3.51. The third-order valence-corrected chi connectivity index (χ3v) is 2.56. The highest BCUT2D eigenvalue weighted by atomic mass is 16.1. The van der Waals surface area contributed by atoms with E-state index >= 15 is 0 Å². The molecule has 1 N–H and O–H groups in total. The highest BCUT2D eigenvalue weighted by Crippen LogP contribution is 2.17. The lowest BCUT2D eigenvalue weighted by atomic mass is 10.0. The van der Waals surface area contributed by atoms with Crippen LogP contribution in [0.15, 0.2) is 24.8 Å². The predicted molar refractivity (Wildman–Crippen MR) is 56.7 cm³/mol. The van der Waals surface area contributed by atoms with Gasteiger partial charge in [0, 0.05) is 13.0 Å². The molecule has 1 amide bonds. The third-order valence-electron chi connectivity index (χ3n) is 2.56. The fourth-order valence-electron chi connectivity index (χ4n) is 1.71. The predicted octanol–water partition coefficient (Wildman–Crippen LogP) is 1.89. The number of carbonyl (C=O) groups is 1. The van der Waals surface area contributed by atoms with Crippen molar-refractivity contribution in [2.45, 2.75) is 19.4 Å². The Labute approximate surface area is 83.6 Å². The molecule has 0 saturated heterocycles. The first-order valence-corrected chi connectivity index (χ1v) is 4.80. The van der Waals surface area contributed by atoms with E-state index < -0.39 is 0 Å². The molecule has 72 valence electrons. The summed E-state index contributed by atoms with van der Waals surface area (Å²) in [5.41, 5.74) is 3.61. The summed E-state index contributed by atoms with van der Waals surface area (Å²) in [5, 5.41) is 2.87. The number of rotatable bonds is 1. The molecule has 0 bridgehead atoms. The molecule has 0 fully saturated rings. The van der Waals surface area contributed by atoms with Gasteiger partial charge in [-0.3, -0.25) is 4.79 Å². The number of fused-ring (bicyclic) bond motifs is 1. The van der Waals surface area contributed by atoms with Gasteiger partial charge in [0.15, 0.2) is 0 Å². The van der Waals surface area contributed by atoms with Gasteiger partial charge in [-0.05, 0) is 23.1 Å². The van der Waals surface area contributed by atoms with Crippen molar-refractivity contribution >= 4 is 12.0 Å². The summed E-state index contributed by atoms with van der Waals surface area (Å²) in [6.45, 7) is 4.39. The van der Waals surface area contributed by atoms with E-state index in [0.29, 0.717) is 13.0 Å². The van der Waals surface area contributed by atoms with Crippen molar-refractivity contribution in [1.82, 2.24) is 5.32 Å². The number of carbonyl (C=O) groups excluding carboxylic acids is 1. The Bertz CT molecular complexity index is 382. The summed E-state index contributed by atoms with van der Waals surface area (Å²) < 4.78 is 0. The van der Waals surface area contributed by atoms with Crippen LogP contribution in [0.1, 0.15) is 23.1 Å². The van der Waals surface area contributed by atoms with Crippen LogP contribution >= 0.6 is 0 Å². The highest BCUT2D eigenvalue weighted by Gasteiger charge is 2.11. The smallest absolute Gasteiger partial charge is 0.220 e. The monoisotopic (exact) mass is 187 g/mol. The van der Waals surface area contributed by atoms with E-state index in [1.807, 2.05) is 12.1 Å². The highest BCUT2D eigenvalue weighted by molar-refractivity contribution is 5.77. The molecule has 1 heterocycles. The fourth-order valence-corrected chi connectivity index (χ4v) is 1.71. The average Bonchev–Trinajstić information content (AvgIpc) is 2.40. The van der Waals surface area contributed by atoms with E-state index in [0.717, 1.165) is 12.0 Å². The number of amides is 1. The quantitative estimate of drug-likeness (QED) is 0.714. The number of hydrogen-bond donors (Lipinski definition) is 1. The first-order valence-electron chi connectivity index (χ1n) is 4.80. The first-order chi connectivity index (χ1) is 6.79. The van der Waals surface area contributed by atoms with Gasteiger partial charge >= 0.3 is 0 Å². The molecule has 0 aliphatic carbocycles. The van der Waals surface area contributed by atoms with Crippen LogP contribution in [0, 0.1) is 0 Å². The van der Waals surface area contributed by atoms with Gasteiger partial charge in [0.1, 0.15) is 0 Å². The van der Waals surface area contributed by atoms with Gasteiger partial charge in [0.25, 0.3) is 0 Å². The first kappa shape index (κ1) is 9.00. The van der Waals surface area contributed by atoms with Crippen molar-refractivity contribution in [3.8, 4) is 0 Å². The molecular weight excluding hydrogens is 174 g/mol. The zero-order chi connectivity index (χ0) is 9.97. The lowest BCUT2D eigenvalue weighted by Crippen LogP contribution is -2.20. The third kappa shape index (κ3) is 1.69. The van der Waals surface area contributed by atoms with E-state index in [1.54, 1.807) is 0 Å². The Morgan fingerprint density at radius 1 is 1.29 bits per heavy atom. The molecule has 1 aromatic carbocycles. The standard InChI is InChI=1S/C12H13NO/c1-2-9-3-4-11-8-13-12(14)6-5-10(11)7-9/h2-4,7H,1,5-6,8H2,(H,13,14). The van der Waals surface area contributed by atoms with E-state index in [-0.39, 0.29) is 5.91 Å². The van der Waals surface area contributed by atoms with Crippen molar-refractivity contribution < 1.29 is 4.79 Å². The zero-order valence-corrected chi connectivity index (χ0v) is 8.05. The van der Waals surface area contributed by atoms with Crippen LogP contribution in [0.5, 0.6) is 0 Å². The molecule has 2 rings (SSSR count). The molecule has 1 aliphatic heterocycles. The van der Waals surface area contributed by atoms with Gasteiger partial charge in [-0.25, -0.2) is 0 Å². The fraction of sp³-hybridized carbons (Fsp3) is 0.250. The van der Waals surface area contributed by atoms with E-state index in [9.17, 15) is 4.79 Å². The second kappa shape index (κ2) is 3.66. The van der Waals surface area contributed by atoms with E-state index in [4.69, 9.17) is 0 Å². The number of aryl methyl sites for hydroxylation is 1. The SMILES string of the molecule is C=Cc1ccc2c(c1)CCC(=O)NC2. The minimum Gasteiger partial charge on any atom is -0.352 e. The van der Waals surface area contributed by atoms with E-state index in [1.165, 1.54) is 11.1 Å². The van der Waals surface area contributed by atoms with Gasteiger partial charge in [-0.15, -0.1) is 0 Å². The molecule has 0 saturated carbocycles. The number of benzene rings is 1. The summed E-state index contributed by atoms with van der Waals surface area (Å²) in [7, 11) is 0. The van der Waals surface area contributed by atoms with E-state index in [2.05, 4.69) is 24.0 Å². The minimum absolute atomic E-state index is 0.140. The Kier molecular flexibility index (Phi) is 2.35. The lowest BCUT2D eigenvalue weighted by Gasteiger charge is -2.05. The summed E-state index contributed by atoms with van der Waals surface area (Å²) in [4.78, 5) is 11.2. The van der Waals surface area contributed by atoms with Crippen LogP contribution in [-0.2, 0) is 17.8 Å². The molecule has 2 heteroatoms. The van der Waals surface area contributed by atoms with Crippen LogP contribution in [0.2, 0.25) is 0 Å². The van der Waals surface area contributed by atoms with Crippen LogP contribution < -0.4 is 5.32 Å². The maximum absolute atomic E-state index is 11.2. The zero-order valence-electron chi connectivity index (χ0n) is 8.05. The maximum atomic E-state index is 11.2. The van der Waals surface area contributed by atoms with Crippen molar-refractivity contribution in [3.63, 3.8) is 0 Å². The van der Waals surface area contributed by atoms with Gasteiger partial charge in [0.2, 0.25) is 5.91 Å². The van der Waals surface area contributed by atoms with Gasteiger partial charge in [-0.2, -0.15) is 0 Å². The van der Waals surface area contributed by atoms with Crippen molar-refractivity contribution in [2.75, 3.05) is 0 Å². The molecular formula is C12H13NO. The summed E-state index contributed by atoms with van der Waals surface area (Å²) in [6, 6.07) is 6.21. The van der Waals surface area contributed by atoms with Crippen LogP contribution in [0.4, 0.5) is 0 Å². The van der Waals surface area contributed by atoms with Gasteiger partial charge in [0.05, 0.1) is 0 Å². The molecule has 1 aliphatic rings. The second-order valence-electron chi connectivity index (χ2n) is 3.51. The molecule has 1 aromatic rings. The Morgan fingerprint density at radius 2 is 2.14 bits per heavy atom. The Balaban J connectivity index is 2.36. The van der Waals surface area contributed by atoms with Gasteiger partial charge < -0.3 is 5.32 Å². The van der Waals surface area contributed by atoms with Gasteiger partial charge in [-0.1, -0.05) is 30.9 Å². The molecule has 0 radical (unpaired) electrons. The molecule has 0 atom stereocenters. The molecule has 2 nitrogen and oxygen atoms in total. The molecule has 14 heavy (non-hydrogen) atoms. The Morgan fingerprint density at radius 3 is 2.93 bits per heavy atom. The van der Waals surface area contributed by atoms with Crippen LogP contribution in [-0.4, -0.2) is 5.91 Å². The molecule has 0 aromatic heterocycles. The van der Waals surface area contributed by atoms with Crippen molar-refractivity contribution in [2.24, 2.45) is 0 Å². The van der Waals surface area contributed by atoms with Crippen molar-refractivity contribution in [1.29, 1.82) is 0 Å². The Hall–Kier alpha value is -1.57. The number of nitrogens with one attached hydrogen (secondary N) is 1.